The van der Waals surface area contributed by atoms with E-state index in [9.17, 15) is 0 Å². The molecule has 3 heterocycles. The normalized spacial score (nSPS) is 18.7. The highest BCUT2D eigenvalue weighted by Crippen LogP contribution is 2.35. The van der Waals surface area contributed by atoms with Gasteiger partial charge in [-0.05, 0) is 36.6 Å². The molecule has 0 saturated carbocycles. The number of nitrogen functional groups attached to an aromatic ring is 2. The molecule has 1 aliphatic heterocycles. The van der Waals surface area contributed by atoms with Crippen LogP contribution < -0.4 is 16.4 Å². The van der Waals surface area contributed by atoms with Gasteiger partial charge in [-0.1, -0.05) is 6.07 Å². The standard InChI is InChI=1S/C14H17N5/c15-11-5-6-13(18-14(11)16)19-8-2-4-12(19)10-3-1-7-17-9-10/h1,3,5-7,9,12H,2,4,8,15H2,(H2,16,18). The third-order valence-corrected chi connectivity index (χ3v) is 3.56. The van der Waals surface area contributed by atoms with Gasteiger partial charge < -0.3 is 16.4 Å². The van der Waals surface area contributed by atoms with Crippen molar-refractivity contribution in [3.05, 3.63) is 42.2 Å². The van der Waals surface area contributed by atoms with E-state index in [4.69, 9.17) is 11.5 Å². The first kappa shape index (κ1) is 11.8. The molecule has 0 amide bonds. The second-order valence-electron chi connectivity index (χ2n) is 4.78. The minimum absolute atomic E-state index is 0.323. The molecule has 1 atom stereocenters. The monoisotopic (exact) mass is 255 g/mol. The number of aromatic nitrogens is 2. The SMILES string of the molecule is Nc1ccc(N2CCCC2c2cccnc2)nc1N. The van der Waals surface area contributed by atoms with Gasteiger partial charge in [0, 0.05) is 18.9 Å². The van der Waals surface area contributed by atoms with Crippen LogP contribution in [0.1, 0.15) is 24.4 Å². The summed E-state index contributed by atoms with van der Waals surface area (Å²) in [6, 6.07) is 8.15. The quantitative estimate of drug-likeness (QED) is 0.857. The van der Waals surface area contributed by atoms with Gasteiger partial charge in [-0.25, -0.2) is 4.98 Å². The van der Waals surface area contributed by atoms with Crippen LogP contribution in [0, 0.1) is 0 Å². The highest BCUT2D eigenvalue weighted by molar-refractivity contribution is 5.62. The predicted octanol–water partition coefficient (Wildman–Crippen LogP) is 1.98. The van der Waals surface area contributed by atoms with Crippen LogP contribution in [0.4, 0.5) is 17.3 Å². The largest absolute Gasteiger partial charge is 0.396 e. The fraction of sp³-hybridized carbons (Fsp3) is 0.286. The highest BCUT2D eigenvalue weighted by atomic mass is 15.2. The van der Waals surface area contributed by atoms with Gasteiger partial charge in [-0.2, -0.15) is 0 Å². The number of nitrogens with two attached hydrogens (primary N) is 2. The van der Waals surface area contributed by atoms with E-state index < -0.39 is 0 Å². The van der Waals surface area contributed by atoms with Gasteiger partial charge >= 0.3 is 0 Å². The van der Waals surface area contributed by atoms with E-state index >= 15 is 0 Å². The Balaban J connectivity index is 1.93. The van der Waals surface area contributed by atoms with E-state index in [-0.39, 0.29) is 0 Å². The van der Waals surface area contributed by atoms with Crippen LogP contribution in [-0.4, -0.2) is 16.5 Å². The molecule has 5 heteroatoms. The molecular weight excluding hydrogens is 238 g/mol. The first-order valence-corrected chi connectivity index (χ1v) is 6.44. The van der Waals surface area contributed by atoms with Crippen molar-refractivity contribution in [1.29, 1.82) is 0 Å². The number of rotatable bonds is 2. The molecule has 2 aromatic rings. The molecule has 0 radical (unpaired) electrons. The van der Waals surface area contributed by atoms with E-state index in [0.29, 0.717) is 17.5 Å². The predicted molar refractivity (Wildman–Crippen MR) is 76.6 cm³/mol. The van der Waals surface area contributed by atoms with Crippen LogP contribution in [0.15, 0.2) is 36.7 Å². The van der Waals surface area contributed by atoms with Gasteiger partial charge in [0.2, 0.25) is 0 Å². The fourth-order valence-corrected chi connectivity index (χ4v) is 2.60. The van der Waals surface area contributed by atoms with Crippen molar-refractivity contribution in [3.63, 3.8) is 0 Å². The molecule has 5 nitrogen and oxygen atoms in total. The number of pyridine rings is 2. The van der Waals surface area contributed by atoms with Crippen molar-refractivity contribution in [2.75, 3.05) is 22.9 Å². The summed E-state index contributed by atoms with van der Waals surface area (Å²) in [6.45, 7) is 0.982. The zero-order valence-corrected chi connectivity index (χ0v) is 10.7. The average Bonchev–Trinajstić information content (AvgIpc) is 2.92. The molecule has 1 aliphatic rings. The lowest BCUT2D eigenvalue weighted by atomic mass is 10.1. The second kappa shape index (κ2) is 4.76. The summed E-state index contributed by atoms with van der Waals surface area (Å²) in [7, 11) is 0. The van der Waals surface area contributed by atoms with Crippen molar-refractivity contribution < 1.29 is 0 Å². The second-order valence-corrected chi connectivity index (χ2v) is 4.78. The molecule has 4 N–H and O–H groups in total. The van der Waals surface area contributed by atoms with E-state index in [1.807, 2.05) is 24.4 Å². The molecular formula is C14H17N5. The van der Waals surface area contributed by atoms with E-state index in [1.165, 1.54) is 5.56 Å². The van der Waals surface area contributed by atoms with Crippen LogP contribution in [0.2, 0.25) is 0 Å². The molecule has 0 aliphatic carbocycles. The summed E-state index contributed by atoms with van der Waals surface area (Å²) < 4.78 is 0. The van der Waals surface area contributed by atoms with E-state index in [2.05, 4.69) is 20.9 Å². The zero-order chi connectivity index (χ0) is 13.2. The number of nitrogens with zero attached hydrogens (tertiary/aromatic N) is 3. The summed E-state index contributed by atoms with van der Waals surface area (Å²) in [5, 5.41) is 0. The molecule has 1 saturated heterocycles. The third-order valence-electron chi connectivity index (χ3n) is 3.56. The van der Waals surface area contributed by atoms with Gasteiger partial charge in [0.05, 0.1) is 11.7 Å². The maximum Gasteiger partial charge on any atom is 0.149 e. The summed E-state index contributed by atoms with van der Waals surface area (Å²) >= 11 is 0. The minimum atomic E-state index is 0.323. The molecule has 98 valence electrons. The van der Waals surface area contributed by atoms with Crippen LogP contribution in [-0.2, 0) is 0 Å². The summed E-state index contributed by atoms with van der Waals surface area (Å²) in [6.07, 6.45) is 5.97. The van der Waals surface area contributed by atoms with Crippen molar-refractivity contribution in [1.82, 2.24) is 9.97 Å². The van der Waals surface area contributed by atoms with Gasteiger partial charge in [0.1, 0.15) is 11.6 Å². The molecule has 3 rings (SSSR count). The Morgan fingerprint density at radius 3 is 2.84 bits per heavy atom. The smallest absolute Gasteiger partial charge is 0.149 e. The Kier molecular flexibility index (Phi) is 2.95. The fourth-order valence-electron chi connectivity index (χ4n) is 2.60. The molecule has 1 fully saturated rings. The maximum atomic E-state index is 5.80. The Labute approximate surface area is 112 Å². The topological polar surface area (TPSA) is 81.1 Å². The Hall–Kier alpha value is -2.30. The number of hydrogen-bond acceptors (Lipinski definition) is 5. The lowest BCUT2D eigenvalue weighted by Gasteiger charge is -2.26. The summed E-state index contributed by atoms with van der Waals surface area (Å²) in [5.41, 5.74) is 13.3. The number of hydrogen-bond donors (Lipinski definition) is 2. The zero-order valence-electron chi connectivity index (χ0n) is 10.7. The van der Waals surface area contributed by atoms with Crippen molar-refractivity contribution >= 4 is 17.3 Å². The third kappa shape index (κ3) is 2.19. The van der Waals surface area contributed by atoms with E-state index in [0.717, 1.165) is 25.2 Å². The lowest BCUT2D eigenvalue weighted by molar-refractivity contribution is 0.708. The highest BCUT2D eigenvalue weighted by Gasteiger charge is 2.27. The molecule has 0 spiro atoms. The molecule has 0 aromatic carbocycles. The number of anilines is 3. The van der Waals surface area contributed by atoms with Crippen molar-refractivity contribution in [2.45, 2.75) is 18.9 Å². The van der Waals surface area contributed by atoms with Crippen LogP contribution >= 0.6 is 0 Å². The summed E-state index contributed by atoms with van der Waals surface area (Å²) in [4.78, 5) is 10.9. The lowest BCUT2D eigenvalue weighted by Crippen LogP contribution is -2.24. The van der Waals surface area contributed by atoms with Gasteiger partial charge in [0.15, 0.2) is 0 Å². The molecule has 1 unspecified atom stereocenters. The van der Waals surface area contributed by atoms with Crippen LogP contribution in [0.3, 0.4) is 0 Å². The van der Waals surface area contributed by atoms with Gasteiger partial charge in [-0.15, -0.1) is 0 Å². The average molecular weight is 255 g/mol. The minimum Gasteiger partial charge on any atom is -0.396 e. The Morgan fingerprint density at radius 2 is 2.11 bits per heavy atom. The van der Waals surface area contributed by atoms with Crippen molar-refractivity contribution in [3.8, 4) is 0 Å². The van der Waals surface area contributed by atoms with Gasteiger partial charge in [0.25, 0.3) is 0 Å². The maximum absolute atomic E-state index is 5.80. The first-order valence-electron chi connectivity index (χ1n) is 6.44. The molecule has 2 aromatic heterocycles. The van der Waals surface area contributed by atoms with E-state index in [1.54, 1.807) is 6.20 Å². The van der Waals surface area contributed by atoms with Crippen LogP contribution in [0.5, 0.6) is 0 Å². The Bertz CT molecular complexity index is 569. The first-order chi connectivity index (χ1) is 9.25. The molecule has 19 heavy (non-hydrogen) atoms. The van der Waals surface area contributed by atoms with Gasteiger partial charge in [-0.3, -0.25) is 4.98 Å². The van der Waals surface area contributed by atoms with Crippen LogP contribution in [0.25, 0.3) is 0 Å². The van der Waals surface area contributed by atoms with Crippen molar-refractivity contribution in [2.24, 2.45) is 0 Å². The molecule has 0 bridgehead atoms. The Morgan fingerprint density at radius 1 is 1.21 bits per heavy atom. The summed E-state index contributed by atoms with van der Waals surface area (Å²) in [5.74, 6) is 1.28.